The summed E-state index contributed by atoms with van der Waals surface area (Å²) in [5.41, 5.74) is 2.81. The predicted octanol–water partition coefficient (Wildman–Crippen LogP) is 4.62. The Hall–Kier alpha value is -2.69. The highest BCUT2D eigenvalue weighted by Gasteiger charge is 2.09. The predicted molar refractivity (Wildman–Crippen MR) is 95.6 cm³/mol. The minimum absolute atomic E-state index is 0.00663. The lowest BCUT2D eigenvalue weighted by atomic mass is 10.1. The van der Waals surface area contributed by atoms with Crippen molar-refractivity contribution in [3.05, 3.63) is 69.8 Å². The summed E-state index contributed by atoms with van der Waals surface area (Å²) in [5, 5.41) is 13.8. The highest BCUT2D eigenvalue weighted by atomic mass is 16.6. The number of nitrogens with one attached hydrogen (secondary N) is 1. The lowest BCUT2D eigenvalue weighted by molar-refractivity contribution is -0.384. The molecule has 0 radical (unpaired) electrons. The van der Waals surface area contributed by atoms with Crippen LogP contribution in [-0.4, -0.2) is 17.3 Å². The van der Waals surface area contributed by atoms with E-state index >= 15 is 0 Å². The molecule has 24 heavy (non-hydrogen) atoms. The first-order valence-corrected chi connectivity index (χ1v) is 8.20. The van der Waals surface area contributed by atoms with E-state index in [0.29, 0.717) is 18.5 Å². The smallest absolute Gasteiger partial charge is 0.269 e. The number of hydrogen-bond acceptors (Lipinski definition) is 4. The molecule has 2 rings (SSSR count). The van der Waals surface area contributed by atoms with Gasteiger partial charge in [-0.2, -0.15) is 0 Å². The second kappa shape index (κ2) is 8.82. The SMILES string of the molecule is CCCCc1ccc(NCCC(=O)c2ccc([N+](=O)[O-])cc2)cc1. The molecule has 0 amide bonds. The third kappa shape index (κ3) is 5.19. The van der Waals surface area contributed by atoms with Crippen molar-refractivity contribution in [1.82, 2.24) is 0 Å². The number of Topliss-reactive ketones (excluding diaryl/α,β-unsaturated/α-hetero) is 1. The Morgan fingerprint density at radius 2 is 1.75 bits per heavy atom. The number of carbonyl (C=O) groups excluding carboxylic acids is 1. The van der Waals surface area contributed by atoms with Crippen LogP contribution in [0.2, 0.25) is 0 Å². The van der Waals surface area contributed by atoms with Gasteiger partial charge in [0.15, 0.2) is 5.78 Å². The fourth-order valence-corrected chi connectivity index (χ4v) is 2.40. The number of anilines is 1. The molecule has 126 valence electrons. The van der Waals surface area contributed by atoms with E-state index in [4.69, 9.17) is 0 Å². The summed E-state index contributed by atoms with van der Waals surface area (Å²) in [6, 6.07) is 14.0. The Morgan fingerprint density at radius 1 is 1.08 bits per heavy atom. The van der Waals surface area contributed by atoms with Crippen LogP contribution in [0.1, 0.15) is 42.1 Å². The van der Waals surface area contributed by atoms with Gasteiger partial charge in [-0.05, 0) is 42.7 Å². The first-order valence-electron chi connectivity index (χ1n) is 8.20. The van der Waals surface area contributed by atoms with Crippen molar-refractivity contribution in [2.75, 3.05) is 11.9 Å². The summed E-state index contributed by atoms with van der Waals surface area (Å²) in [6.07, 6.45) is 3.81. The molecule has 0 aliphatic rings. The lowest BCUT2D eigenvalue weighted by Crippen LogP contribution is -2.09. The minimum atomic E-state index is -0.472. The maximum atomic E-state index is 12.1. The average Bonchev–Trinajstić information content (AvgIpc) is 2.61. The number of nitro benzene ring substituents is 1. The van der Waals surface area contributed by atoms with Crippen molar-refractivity contribution in [2.24, 2.45) is 0 Å². The summed E-state index contributed by atoms with van der Waals surface area (Å²) in [6.45, 7) is 2.71. The number of hydrogen-bond donors (Lipinski definition) is 1. The highest BCUT2D eigenvalue weighted by Crippen LogP contribution is 2.14. The van der Waals surface area contributed by atoms with E-state index in [9.17, 15) is 14.9 Å². The van der Waals surface area contributed by atoms with Gasteiger partial charge in [0.2, 0.25) is 0 Å². The van der Waals surface area contributed by atoms with Gasteiger partial charge in [-0.1, -0.05) is 25.5 Å². The molecule has 0 aliphatic carbocycles. The number of nitro groups is 1. The molecule has 0 atom stereocenters. The first kappa shape index (κ1) is 17.7. The van der Waals surface area contributed by atoms with E-state index in [2.05, 4.69) is 24.4 Å². The molecule has 0 saturated heterocycles. The van der Waals surface area contributed by atoms with E-state index < -0.39 is 4.92 Å². The summed E-state index contributed by atoms with van der Waals surface area (Å²) < 4.78 is 0. The van der Waals surface area contributed by atoms with Gasteiger partial charge < -0.3 is 5.32 Å². The fraction of sp³-hybridized carbons (Fsp3) is 0.316. The molecule has 0 heterocycles. The maximum absolute atomic E-state index is 12.1. The van der Waals surface area contributed by atoms with Gasteiger partial charge in [0.1, 0.15) is 0 Å². The Morgan fingerprint density at radius 3 is 2.33 bits per heavy atom. The van der Waals surface area contributed by atoms with Crippen LogP contribution in [-0.2, 0) is 6.42 Å². The highest BCUT2D eigenvalue weighted by molar-refractivity contribution is 5.96. The second-order valence-electron chi connectivity index (χ2n) is 5.70. The van der Waals surface area contributed by atoms with Crippen molar-refractivity contribution < 1.29 is 9.72 Å². The minimum Gasteiger partial charge on any atom is -0.385 e. The number of carbonyl (C=O) groups is 1. The Balaban J connectivity index is 1.80. The van der Waals surface area contributed by atoms with Crippen LogP contribution < -0.4 is 5.32 Å². The van der Waals surface area contributed by atoms with Crippen LogP contribution >= 0.6 is 0 Å². The molecular weight excluding hydrogens is 304 g/mol. The van der Waals surface area contributed by atoms with Crippen molar-refractivity contribution >= 4 is 17.2 Å². The van der Waals surface area contributed by atoms with Crippen molar-refractivity contribution in [3.8, 4) is 0 Å². The Kier molecular flexibility index (Phi) is 6.49. The molecule has 1 N–H and O–H groups in total. The van der Waals surface area contributed by atoms with Gasteiger partial charge in [-0.25, -0.2) is 0 Å². The molecule has 0 aliphatic heterocycles. The monoisotopic (exact) mass is 326 g/mol. The van der Waals surface area contributed by atoms with Crippen LogP contribution in [0, 0.1) is 10.1 Å². The second-order valence-corrected chi connectivity index (χ2v) is 5.70. The molecule has 0 fully saturated rings. The molecule has 0 unspecified atom stereocenters. The van der Waals surface area contributed by atoms with Crippen molar-refractivity contribution in [2.45, 2.75) is 32.6 Å². The number of benzene rings is 2. The first-order chi connectivity index (χ1) is 11.6. The fourth-order valence-electron chi connectivity index (χ4n) is 2.40. The lowest BCUT2D eigenvalue weighted by Gasteiger charge is -2.07. The van der Waals surface area contributed by atoms with Gasteiger partial charge in [0.05, 0.1) is 4.92 Å². The number of unbranched alkanes of at least 4 members (excludes halogenated alkanes) is 1. The zero-order valence-corrected chi connectivity index (χ0v) is 13.8. The molecule has 0 aromatic heterocycles. The molecule has 5 nitrogen and oxygen atoms in total. The number of ketones is 1. The number of rotatable bonds is 9. The summed E-state index contributed by atoms with van der Waals surface area (Å²) >= 11 is 0. The van der Waals surface area contributed by atoms with E-state index in [-0.39, 0.29) is 11.5 Å². The van der Waals surface area contributed by atoms with Crippen LogP contribution in [0.15, 0.2) is 48.5 Å². The van der Waals surface area contributed by atoms with Crippen LogP contribution in [0.4, 0.5) is 11.4 Å². The number of nitrogens with zero attached hydrogens (tertiary/aromatic N) is 1. The quantitative estimate of drug-likeness (QED) is 0.414. The van der Waals surface area contributed by atoms with Gasteiger partial charge >= 0.3 is 0 Å². The summed E-state index contributed by atoms with van der Waals surface area (Å²) in [5.74, 6) is -0.0306. The Bertz CT molecular complexity index is 679. The molecule has 2 aromatic rings. The van der Waals surface area contributed by atoms with Crippen LogP contribution in [0.25, 0.3) is 0 Å². The third-order valence-electron chi connectivity index (χ3n) is 3.85. The topological polar surface area (TPSA) is 72.2 Å². The third-order valence-corrected chi connectivity index (χ3v) is 3.85. The van der Waals surface area contributed by atoms with Crippen molar-refractivity contribution in [3.63, 3.8) is 0 Å². The average molecular weight is 326 g/mol. The molecule has 0 spiro atoms. The van der Waals surface area contributed by atoms with Gasteiger partial charge in [-0.15, -0.1) is 0 Å². The molecule has 0 bridgehead atoms. The van der Waals surface area contributed by atoms with Gasteiger partial charge in [-0.3, -0.25) is 14.9 Å². The number of aryl methyl sites for hydroxylation is 1. The van der Waals surface area contributed by atoms with E-state index in [1.807, 2.05) is 12.1 Å². The van der Waals surface area contributed by atoms with Crippen LogP contribution in [0.5, 0.6) is 0 Å². The molecule has 0 saturated carbocycles. The van der Waals surface area contributed by atoms with Gasteiger partial charge in [0, 0.05) is 36.3 Å². The zero-order chi connectivity index (χ0) is 17.4. The zero-order valence-electron chi connectivity index (χ0n) is 13.8. The molecular formula is C19H22N2O3. The normalized spacial score (nSPS) is 10.4. The van der Waals surface area contributed by atoms with Crippen molar-refractivity contribution in [1.29, 1.82) is 0 Å². The Labute approximate surface area is 141 Å². The van der Waals surface area contributed by atoms with E-state index in [1.165, 1.54) is 42.7 Å². The van der Waals surface area contributed by atoms with E-state index in [0.717, 1.165) is 12.1 Å². The maximum Gasteiger partial charge on any atom is 0.269 e. The summed E-state index contributed by atoms with van der Waals surface area (Å²) in [7, 11) is 0. The molecule has 5 heteroatoms. The van der Waals surface area contributed by atoms with E-state index in [1.54, 1.807) is 0 Å². The standard InChI is InChI=1S/C19H22N2O3/c1-2-3-4-15-5-9-17(10-6-15)20-14-13-19(22)16-7-11-18(12-8-16)21(23)24/h5-12,20H,2-4,13-14H2,1H3. The summed E-state index contributed by atoms with van der Waals surface area (Å²) in [4.78, 5) is 22.2. The van der Waals surface area contributed by atoms with Gasteiger partial charge in [0.25, 0.3) is 5.69 Å². The largest absolute Gasteiger partial charge is 0.385 e. The molecule has 2 aromatic carbocycles. The van der Waals surface area contributed by atoms with Crippen LogP contribution in [0.3, 0.4) is 0 Å². The number of non-ortho nitro benzene ring substituents is 1.